The Morgan fingerprint density at radius 1 is 1.10 bits per heavy atom. The van der Waals surface area contributed by atoms with Gasteiger partial charge in [-0.05, 0) is 30.7 Å². The van der Waals surface area contributed by atoms with Gasteiger partial charge in [-0.1, -0.05) is 50.2 Å². The fourth-order valence-electron chi connectivity index (χ4n) is 2.37. The lowest BCUT2D eigenvalue weighted by Crippen LogP contribution is -2.21. The molecule has 2 rings (SSSR count). The Morgan fingerprint density at radius 3 is 2.55 bits per heavy atom. The highest BCUT2D eigenvalue weighted by atomic mass is 16.6. The molecule has 1 amide bonds. The molecule has 0 saturated carbocycles. The normalized spacial score (nSPS) is 12.4. The van der Waals surface area contributed by atoms with Crippen molar-refractivity contribution in [1.82, 2.24) is 0 Å². The average molecular weight is 271 g/mol. The first-order chi connectivity index (χ1) is 9.56. The van der Waals surface area contributed by atoms with E-state index in [1.165, 1.54) is 0 Å². The molecule has 3 nitrogen and oxygen atoms in total. The Bertz CT molecular complexity index is 587. The van der Waals surface area contributed by atoms with E-state index < -0.39 is 6.09 Å². The number of fused-ring (bicyclic) bond motifs is 1. The van der Waals surface area contributed by atoms with E-state index in [1.54, 1.807) is 0 Å². The molecule has 0 radical (unpaired) electrons. The van der Waals surface area contributed by atoms with E-state index >= 15 is 0 Å². The average Bonchev–Trinajstić information content (AvgIpc) is 2.38. The van der Waals surface area contributed by atoms with Crippen molar-refractivity contribution in [3.63, 3.8) is 0 Å². The molecule has 3 heteroatoms. The van der Waals surface area contributed by atoms with Crippen LogP contribution < -0.4 is 5.32 Å². The molecule has 2 aromatic rings. The first kappa shape index (κ1) is 14.4. The van der Waals surface area contributed by atoms with Crippen LogP contribution in [0.15, 0.2) is 42.5 Å². The second-order valence-corrected chi connectivity index (χ2v) is 5.50. The van der Waals surface area contributed by atoms with Crippen LogP contribution in [0.4, 0.5) is 10.5 Å². The van der Waals surface area contributed by atoms with Crippen molar-refractivity contribution in [1.29, 1.82) is 0 Å². The zero-order chi connectivity index (χ0) is 14.5. The van der Waals surface area contributed by atoms with Gasteiger partial charge in [0.1, 0.15) is 6.10 Å². The molecule has 0 aromatic heterocycles. The van der Waals surface area contributed by atoms with Crippen LogP contribution in [-0.2, 0) is 4.74 Å². The first-order valence-electron chi connectivity index (χ1n) is 7.01. The summed E-state index contributed by atoms with van der Waals surface area (Å²) in [6.07, 6.45) is 0.391. The molecule has 1 N–H and O–H groups in total. The summed E-state index contributed by atoms with van der Waals surface area (Å²) in [5, 5.41) is 4.94. The topological polar surface area (TPSA) is 38.3 Å². The van der Waals surface area contributed by atoms with Gasteiger partial charge < -0.3 is 4.74 Å². The molecule has 0 aliphatic carbocycles. The van der Waals surface area contributed by atoms with E-state index in [4.69, 9.17) is 4.74 Å². The van der Waals surface area contributed by atoms with E-state index in [-0.39, 0.29) is 6.10 Å². The van der Waals surface area contributed by atoms with Crippen LogP contribution in [0.25, 0.3) is 10.8 Å². The molecule has 0 aliphatic heterocycles. The molecule has 0 unspecified atom stereocenters. The number of rotatable bonds is 4. The van der Waals surface area contributed by atoms with Gasteiger partial charge in [0.05, 0.1) is 5.69 Å². The number of hydrogen-bond acceptors (Lipinski definition) is 2. The Morgan fingerprint density at radius 2 is 1.80 bits per heavy atom. The molecule has 0 fully saturated rings. The molecule has 1 atom stereocenters. The van der Waals surface area contributed by atoms with Crippen LogP contribution in [0.2, 0.25) is 0 Å². The highest BCUT2D eigenvalue weighted by molar-refractivity contribution is 6.00. The van der Waals surface area contributed by atoms with E-state index in [0.717, 1.165) is 22.9 Å². The minimum atomic E-state index is -0.394. The maximum absolute atomic E-state index is 11.9. The molecule has 0 heterocycles. The lowest BCUT2D eigenvalue weighted by atomic mass is 10.1. The molecule has 2 aromatic carbocycles. The highest BCUT2D eigenvalue weighted by Gasteiger charge is 2.12. The van der Waals surface area contributed by atoms with Crippen LogP contribution in [0.3, 0.4) is 0 Å². The van der Waals surface area contributed by atoms with Gasteiger partial charge in [-0.2, -0.15) is 0 Å². The quantitative estimate of drug-likeness (QED) is 0.865. The number of benzene rings is 2. The third-order valence-electron chi connectivity index (χ3n) is 3.14. The number of anilines is 1. The number of amides is 1. The summed E-state index contributed by atoms with van der Waals surface area (Å²) in [7, 11) is 0. The predicted octanol–water partition coefficient (Wildman–Crippen LogP) is 4.82. The van der Waals surface area contributed by atoms with Crippen LogP contribution in [0.1, 0.15) is 27.2 Å². The van der Waals surface area contributed by atoms with Gasteiger partial charge in [0.2, 0.25) is 0 Å². The fourth-order valence-corrected chi connectivity index (χ4v) is 2.37. The number of nitrogens with one attached hydrogen (secondary N) is 1. The van der Waals surface area contributed by atoms with Gasteiger partial charge in [-0.3, -0.25) is 5.32 Å². The summed E-state index contributed by atoms with van der Waals surface area (Å²) in [6.45, 7) is 6.15. The Balaban J connectivity index is 2.06. The second-order valence-electron chi connectivity index (χ2n) is 5.50. The van der Waals surface area contributed by atoms with Gasteiger partial charge >= 0.3 is 6.09 Å². The Hall–Kier alpha value is -2.03. The summed E-state index contributed by atoms with van der Waals surface area (Å²) in [4.78, 5) is 11.9. The van der Waals surface area contributed by atoms with Crippen LogP contribution in [-0.4, -0.2) is 12.2 Å². The Kier molecular flexibility index (Phi) is 4.61. The fraction of sp³-hybridized carbons (Fsp3) is 0.353. The zero-order valence-corrected chi connectivity index (χ0v) is 12.2. The molecular formula is C17H21NO2. The number of carbonyl (C=O) groups excluding carboxylic acids is 1. The maximum Gasteiger partial charge on any atom is 0.411 e. The van der Waals surface area contributed by atoms with Gasteiger partial charge in [0.25, 0.3) is 0 Å². The van der Waals surface area contributed by atoms with Crippen molar-refractivity contribution in [3.05, 3.63) is 42.5 Å². The van der Waals surface area contributed by atoms with Gasteiger partial charge in [0, 0.05) is 5.39 Å². The first-order valence-corrected chi connectivity index (χ1v) is 7.01. The van der Waals surface area contributed by atoms with Crippen LogP contribution in [0, 0.1) is 5.92 Å². The lowest BCUT2D eigenvalue weighted by Gasteiger charge is -2.16. The summed E-state index contributed by atoms with van der Waals surface area (Å²) < 4.78 is 5.36. The minimum Gasteiger partial charge on any atom is -0.446 e. The molecule has 106 valence electrons. The molecule has 0 spiro atoms. The summed E-state index contributed by atoms with van der Waals surface area (Å²) in [5.41, 5.74) is 0.782. The van der Waals surface area contributed by atoms with Gasteiger partial charge in [0.15, 0.2) is 0 Å². The molecule has 0 aliphatic rings. The largest absolute Gasteiger partial charge is 0.446 e. The highest BCUT2D eigenvalue weighted by Crippen LogP contribution is 2.23. The second kappa shape index (κ2) is 6.42. The van der Waals surface area contributed by atoms with Crippen molar-refractivity contribution < 1.29 is 9.53 Å². The third kappa shape index (κ3) is 3.73. The molecular weight excluding hydrogens is 250 g/mol. The number of carbonyl (C=O) groups is 1. The Labute approximate surface area is 119 Å². The van der Waals surface area contributed by atoms with Crippen molar-refractivity contribution in [3.8, 4) is 0 Å². The summed E-state index contributed by atoms with van der Waals surface area (Å²) in [6, 6.07) is 13.8. The van der Waals surface area contributed by atoms with Gasteiger partial charge in [-0.25, -0.2) is 4.79 Å². The van der Waals surface area contributed by atoms with Crippen molar-refractivity contribution >= 4 is 22.6 Å². The monoisotopic (exact) mass is 271 g/mol. The van der Waals surface area contributed by atoms with E-state index in [2.05, 4.69) is 19.2 Å². The smallest absolute Gasteiger partial charge is 0.411 e. The van der Waals surface area contributed by atoms with Crippen molar-refractivity contribution in [2.75, 3.05) is 5.32 Å². The van der Waals surface area contributed by atoms with E-state index in [9.17, 15) is 4.79 Å². The summed E-state index contributed by atoms with van der Waals surface area (Å²) in [5.74, 6) is 0.510. The third-order valence-corrected chi connectivity index (χ3v) is 3.14. The number of hydrogen-bond donors (Lipinski definition) is 1. The summed E-state index contributed by atoms with van der Waals surface area (Å²) >= 11 is 0. The molecule has 0 saturated heterocycles. The van der Waals surface area contributed by atoms with Crippen molar-refractivity contribution in [2.45, 2.75) is 33.3 Å². The van der Waals surface area contributed by atoms with Crippen LogP contribution >= 0.6 is 0 Å². The SMILES string of the molecule is CC(C)C[C@@H](C)OC(=O)Nc1cccc2ccccc12. The van der Waals surface area contributed by atoms with E-state index in [1.807, 2.05) is 49.4 Å². The van der Waals surface area contributed by atoms with E-state index in [0.29, 0.717) is 5.92 Å². The molecule has 20 heavy (non-hydrogen) atoms. The number of ether oxygens (including phenoxy) is 1. The van der Waals surface area contributed by atoms with Gasteiger partial charge in [-0.15, -0.1) is 0 Å². The lowest BCUT2D eigenvalue weighted by molar-refractivity contribution is 0.108. The standard InChI is InChI=1S/C17H21NO2/c1-12(2)11-13(3)20-17(19)18-16-10-6-8-14-7-4-5-9-15(14)16/h4-10,12-13H,11H2,1-3H3,(H,18,19)/t13-/m1/s1. The maximum atomic E-state index is 11.9. The minimum absolute atomic E-state index is 0.0787. The predicted molar refractivity (Wildman–Crippen MR) is 83.0 cm³/mol. The molecule has 0 bridgehead atoms. The zero-order valence-electron chi connectivity index (χ0n) is 12.2. The van der Waals surface area contributed by atoms with Crippen LogP contribution in [0.5, 0.6) is 0 Å². The van der Waals surface area contributed by atoms with Crippen molar-refractivity contribution in [2.24, 2.45) is 5.92 Å².